The van der Waals surface area contributed by atoms with Crippen molar-refractivity contribution in [3.63, 3.8) is 0 Å². The summed E-state index contributed by atoms with van der Waals surface area (Å²) in [6.45, 7) is 2.63. The molecule has 0 bridgehead atoms. The lowest BCUT2D eigenvalue weighted by atomic mass is 10.1. The van der Waals surface area contributed by atoms with Crippen LogP contribution < -0.4 is 5.32 Å². The van der Waals surface area contributed by atoms with Gasteiger partial charge in [-0.3, -0.25) is 0 Å². The first kappa shape index (κ1) is 14.6. The van der Waals surface area contributed by atoms with Crippen LogP contribution in [0, 0.1) is 17.6 Å². The predicted octanol–water partition coefficient (Wildman–Crippen LogP) is 4.46. The summed E-state index contributed by atoms with van der Waals surface area (Å²) < 4.78 is 27.2. The lowest BCUT2D eigenvalue weighted by Crippen LogP contribution is -2.06. The van der Waals surface area contributed by atoms with Crippen LogP contribution >= 0.6 is 11.8 Å². The van der Waals surface area contributed by atoms with Crippen molar-refractivity contribution < 1.29 is 8.78 Å². The van der Waals surface area contributed by atoms with Crippen molar-refractivity contribution in [1.29, 1.82) is 0 Å². The third kappa shape index (κ3) is 4.06. The van der Waals surface area contributed by atoms with E-state index >= 15 is 0 Å². The lowest BCUT2D eigenvalue weighted by molar-refractivity contribution is 0.549. The molecule has 1 N–H and O–H groups in total. The van der Waals surface area contributed by atoms with E-state index in [0.717, 1.165) is 18.2 Å². The fourth-order valence-corrected chi connectivity index (χ4v) is 3.37. The van der Waals surface area contributed by atoms with E-state index in [-0.39, 0.29) is 5.82 Å². The highest BCUT2D eigenvalue weighted by Gasteiger charge is 2.18. The van der Waals surface area contributed by atoms with Crippen LogP contribution in [-0.4, -0.2) is 17.3 Å². The monoisotopic (exact) mass is 286 g/mol. The van der Waals surface area contributed by atoms with Gasteiger partial charge in [0.05, 0.1) is 0 Å². The number of nitrogens with zero attached hydrogens (tertiary/aromatic N) is 1. The van der Waals surface area contributed by atoms with Gasteiger partial charge in [-0.15, -0.1) is 11.8 Å². The van der Waals surface area contributed by atoms with Crippen LogP contribution in [-0.2, 0) is 0 Å². The van der Waals surface area contributed by atoms with Crippen molar-refractivity contribution in [1.82, 2.24) is 4.98 Å². The molecule has 1 aliphatic carbocycles. The smallest absolute Gasteiger partial charge is 0.168 e. The first-order chi connectivity index (χ1) is 9.20. The normalized spacial score (nSPS) is 15.9. The molecule has 0 spiro atoms. The molecule has 1 aliphatic rings. The Bertz CT molecular complexity index is 420. The maximum atomic E-state index is 13.7. The van der Waals surface area contributed by atoms with E-state index in [4.69, 9.17) is 0 Å². The molecule has 1 fully saturated rings. The minimum Gasteiger partial charge on any atom is -0.368 e. The molecule has 19 heavy (non-hydrogen) atoms. The number of pyridine rings is 1. The minimum atomic E-state index is -0.615. The summed E-state index contributed by atoms with van der Waals surface area (Å²) in [5.41, 5.74) is 0. The highest BCUT2D eigenvalue weighted by molar-refractivity contribution is 7.99. The first-order valence-corrected chi connectivity index (χ1v) is 7.92. The molecule has 1 saturated carbocycles. The van der Waals surface area contributed by atoms with Crippen molar-refractivity contribution in [2.75, 3.05) is 17.6 Å². The molecule has 0 aliphatic heterocycles. The van der Waals surface area contributed by atoms with Gasteiger partial charge in [0.15, 0.2) is 17.5 Å². The van der Waals surface area contributed by atoms with Gasteiger partial charge in [-0.2, -0.15) is 0 Å². The van der Waals surface area contributed by atoms with Crippen molar-refractivity contribution in [2.45, 2.75) is 44.1 Å². The van der Waals surface area contributed by atoms with E-state index in [1.54, 1.807) is 0 Å². The first-order valence-electron chi connectivity index (χ1n) is 6.93. The second kappa shape index (κ2) is 7.08. The second-order valence-electron chi connectivity index (χ2n) is 4.99. The van der Waals surface area contributed by atoms with Gasteiger partial charge in [0.2, 0.25) is 0 Å². The summed E-state index contributed by atoms with van der Waals surface area (Å²) >= 11 is 1.41. The van der Waals surface area contributed by atoms with E-state index in [1.165, 1.54) is 37.4 Å². The lowest BCUT2D eigenvalue weighted by Gasteiger charge is -2.11. The molecule has 0 atom stereocenters. The molecule has 1 heterocycles. The molecule has 1 aromatic rings. The summed E-state index contributed by atoms with van der Waals surface area (Å²) in [7, 11) is 0. The van der Waals surface area contributed by atoms with Crippen molar-refractivity contribution in [3.05, 3.63) is 17.7 Å². The molecule has 2 rings (SSSR count). The predicted molar refractivity (Wildman–Crippen MR) is 75.6 cm³/mol. The Morgan fingerprint density at radius 2 is 2.05 bits per heavy atom. The average Bonchev–Trinajstić information content (AvgIpc) is 2.90. The quantitative estimate of drug-likeness (QED) is 0.781. The number of aromatic nitrogens is 1. The maximum absolute atomic E-state index is 13.7. The summed E-state index contributed by atoms with van der Waals surface area (Å²) in [6, 6.07) is 0.933. The zero-order valence-electron chi connectivity index (χ0n) is 11.2. The number of hydrogen-bond donors (Lipinski definition) is 1. The molecule has 5 heteroatoms. The summed E-state index contributed by atoms with van der Waals surface area (Å²) in [4.78, 5) is 4.07. The van der Waals surface area contributed by atoms with E-state index in [1.807, 2.05) is 6.92 Å². The topological polar surface area (TPSA) is 24.9 Å². The summed E-state index contributed by atoms with van der Waals surface area (Å²) in [6.07, 6.45) is 5.86. The van der Waals surface area contributed by atoms with E-state index in [0.29, 0.717) is 17.5 Å². The number of nitrogens with one attached hydrogen (secondary N) is 1. The SMILES string of the molecule is CCCNc1nc(SCC2CCCC2)c(F)cc1F. The Morgan fingerprint density at radius 3 is 2.74 bits per heavy atom. The van der Waals surface area contributed by atoms with E-state index in [9.17, 15) is 8.78 Å². The average molecular weight is 286 g/mol. The van der Waals surface area contributed by atoms with Crippen molar-refractivity contribution in [3.8, 4) is 0 Å². The molecule has 0 aromatic carbocycles. The van der Waals surface area contributed by atoms with Gasteiger partial charge in [-0.25, -0.2) is 13.8 Å². The second-order valence-corrected chi connectivity index (χ2v) is 6.00. The summed E-state index contributed by atoms with van der Waals surface area (Å²) in [5, 5.41) is 3.20. The number of hydrogen-bond acceptors (Lipinski definition) is 3. The van der Waals surface area contributed by atoms with Gasteiger partial charge in [-0.1, -0.05) is 19.8 Å². The highest BCUT2D eigenvalue weighted by Crippen LogP contribution is 2.32. The largest absolute Gasteiger partial charge is 0.368 e. The van der Waals surface area contributed by atoms with Crippen molar-refractivity contribution in [2.24, 2.45) is 5.92 Å². The molecule has 0 unspecified atom stereocenters. The number of thioether (sulfide) groups is 1. The molecule has 2 nitrogen and oxygen atoms in total. The van der Waals surface area contributed by atoms with Gasteiger partial charge in [0, 0.05) is 18.4 Å². The number of anilines is 1. The number of rotatable bonds is 6. The van der Waals surface area contributed by atoms with Crippen LogP contribution in [0.1, 0.15) is 39.0 Å². The molecule has 0 saturated heterocycles. The van der Waals surface area contributed by atoms with E-state index < -0.39 is 11.6 Å². The molecular formula is C14H20F2N2S. The third-order valence-electron chi connectivity index (χ3n) is 3.37. The van der Waals surface area contributed by atoms with Gasteiger partial charge in [0.25, 0.3) is 0 Å². The maximum Gasteiger partial charge on any atom is 0.168 e. The zero-order valence-corrected chi connectivity index (χ0v) is 12.0. The summed E-state index contributed by atoms with van der Waals surface area (Å²) in [5.74, 6) is 0.530. The minimum absolute atomic E-state index is 0.164. The number of halogens is 2. The Kier molecular flexibility index (Phi) is 5.43. The van der Waals surface area contributed by atoms with Crippen LogP contribution in [0.3, 0.4) is 0 Å². The molecule has 1 aromatic heterocycles. The highest BCUT2D eigenvalue weighted by atomic mass is 32.2. The Hall–Kier alpha value is -0.840. The molecule has 0 radical (unpaired) electrons. The van der Waals surface area contributed by atoms with Crippen LogP contribution in [0.25, 0.3) is 0 Å². The zero-order chi connectivity index (χ0) is 13.7. The van der Waals surface area contributed by atoms with Crippen LogP contribution in [0.4, 0.5) is 14.6 Å². The van der Waals surface area contributed by atoms with Gasteiger partial charge in [-0.05, 0) is 25.2 Å². The standard InChI is InChI=1S/C14H20F2N2S/c1-2-7-17-13-11(15)8-12(16)14(18-13)19-9-10-5-3-4-6-10/h8,10H,2-7,9H2,1H3,(H,17,18). The Balaban J connectivity index is 2.01. The molecule has 106 valence electrons. The molecule has 0 amide bonds. The van der Waals surface area contributed by atoms with Crippen molar-refractivity contribution >= 4 is 17.6 Å². The van der Waals surface area contributed by atoms with E-state index in [2.05, 4.69) is 10.3 Å². The van der Waals surface area contributed by atoms with Crippen LogP contribution in [0.5, 0.6) is 0 Å². The van der Waals surface area contributed by atoms with Gasteiger partial charge >= 0.3 is 0 Å². The van der Waals surface area contributed by atoms with Gasteiger partial charge in [0.1, 0.15) is 5.03 Å². The Labute approximate surface area is 117 Å². The fraction of sp³-hybridized carbons (Fsp3) is 0.643. The van der Waals surface area contributed by atoms with Gasteiger partial charge < -0.3 is 5.32 Å². The Morgan fingerprint density at radius 1 is 1.32 bits per heavy atom. The molecular weight excluding hydrogens is 266 g/mol. The van der Waals surface area contributed by atoms with Crippen LogP contribution in [0.2, 0.25) is 0 Å². The van der Waals surface area contributed by atoms with Crippen LogP contribution in [0.15, 0.2) is 11.1 Å². The fourth-order valence-electron chi connectivity index (χ4n) is 2.29. The third-order valence-corrected chi connectivity index (χ3v) is 4.57.